The fourth-order valence-electron chi connectivity index (χ4n) is 3.86. The Morgan fingerprint density at radius 3 is 2.75 bits per heavy atom. The van der Waals surface area contributed by atoms with Gasteiger partial charge in [0.2, 0.25) is 0 Å². The summed E-state index contributed by atoms with van der Waals surface area (Å²) in [7, 11) is 1.62. The van der Waals surface area contributed by atoms with Gasteiger partial charge in [-0.05, 0) is 31.2 Å². The van der Waals surface area contributed by atoms with Crippen LogP contribution < -0.4 is 4.74 Å². The summed E-state index contributed by atoms with van der Waals surface area (Å²) in [6, 6.07) is 7.94. The van der Waals surface area contributed by atoms with Crippen LogP contribution in [0.4, 0.5) is 0 Å². The van der Waals surface area contributed by atoms with Crippen LogP contribution in [0.2, 0.25) is 0 Å². The summed E-state index contributed by atoms with van der Waals surface area (Å²) >= 11 is 0. The molecule has 2 N–H and O–H groups in total. The zero-order valence-corrected chi connectivity index (χ0v) is 17.4. The Kier molecular flexibility index (Phi) is 4.00. The molecule has 0 unspecified atom stereocenters. The van der Waals surface area contributed by atoms with Crippen molar-refractivity contribution < 1.29 is 4.74 Å². The number of hydrogen-bond acceptors (Lipinski definition) is 6. The zero-order valence-electron chi connectivity index (χ0n) is 17.4. The van der Waals surface area contributed by atoms with Crippen molar-refractivity contribution in [2.24, 2.45) is 0 Å². The first kappa shape index (κ1) is 18.3. The highest BCUT2D eigenvalue weighted by atomic mass is 16.5. The van der Waals surface area contributed by atoms with E-state index in [1.54, 1.807) is 38.2 Å². The Morgan fingerprint density at radius 1 is 0.969 bits per heavy atom. The van der Waals surface area contributed by atoms with E-state index < -0.39 is 0 Å². The van der Waals surface area contributed by atoms with Crippen molar-refractivity contribution in [3.05, 3.63) is 67.3 Å². The molecule has 0 aliphatic carbocycles. The highest BCUT2D eigenvalue weighted by molar-refractivity contribution is 5.98. The average molecular weight is 422 g/mol. The molecule has 0 fully saturated rings. The fraction of sp³-hybridized carbons (Fsp3) is 0.0870. The van der Waals surface area contributed by atoms with Gasteiger partial charge >= 0.3 is 0 Å². The molecule has 32 heavy (non-hydrogen) atoms. The monoisotopic (exact) mass is 422 g/mol. The summed E-state index contributed by atoms with van der Waals surface area (Å²) < 4.78 is 7.22. The van der Waals surface area contributed by atoms with Gasteiger partial charge < -0.3 is 9.72 Å². The number of ether oxygens (including phenoxy) is 1. The minimum absolute atomic E-state index is 0.683. The lowest BCUT2D eigenvalue weighted by Crippen LogP contribution is -1.94. The molecule has 0 radical (unpaired) electrons. The van der Waals surface area contributed by atoms with Gasteiger partial charge in [0.15, 0.2) is 0 Å². The van der Waals surface area contributed by atoms with Gasteiger partial charge in [0.1, 0.15) is 23.6 Å². The number of nitrogens with zero attached hydrogens (tertiary/aromatic N) is 6. The zero-order chi connectivity index (χ0) is 21.7. The number of rotatable bonds is 4. The molecule has 9 nitrogen and oxygen atoms in total. The number of fused-ring (bicyclic) bond motifs is 2. The molecule has 0 amide bonds. The summed E-state index contributed by atoms with van der Waals surface area (Å²) in [5.74, 6) is 1.50. The van der Waals surface area contributed by atoms with Crippen LogP contribution in [0.5, 0.6) is 5.75 Å². The van der Waals surface area contributed by atoms with Crippen molar-refractivity contribution in [2.75, 3.05) is 7.11 Å². The number of aromatic amines is 2. The maximum Gasteiger partial charge on any atom is 0.147 e. The topological polar surface area (TPSA) is 110 Å². The third-order valence-electron chi connectivity index (χ3n) is 5.43. The van der Waals surface area contributed by atoms with Crippen molar-refractivity contribution >= 4 is 21.8 Å². The molecule has 0 bridgehead atoms. The SMILES string of the molecule is COc1cncc(-c2cc3c(-c4cc5c(-n6cnc(C)c6)nccc5[nH]4)n[nH]c3cn2)c1. The molecule has 6 heterocycles. The predicted octanol–water partition coefficient (Wildman–Crippen LogP) is 4.07. The first-order valence-corrected chi connectivity index (χ1v) is 10.0. The van der Waals surface area contributed by atoms with Crippen molar-refractivity contribution in [1.82, 2.24) is 39.7 Å². The maximum absolute atomic E-state index is 5.30. The van der Waals surface area contributed by atoms with Crippen LogP contribution in [0.1, 0.15) is 5.69 Å². The third-order valence-corrected chi connectivity index (χ3v) is 5.43. The normalized spacial score (nSPS) is 11.4. The molecule has 0 saturated carbocycles. The number of methoxy groups -OCH3 is 1. The number of nitrogens with one attached hydrogen (secondary N) is 2. The van der Waals surface area contributed by atoms with E-state index in [2.05, 4.69) is 41.2 Å². The van der Waals surface area contributed by atoms with E-state index in [4.69, 9.17) is 4.74 Å². The molecule has 156 valence electrons. The van der Waals surface area contributed by atoms with E-state index in [0.717, 1.165) is 56.0 Å². The molecule has 6 aromatic heterocycles. The van der Waals surface area contributed by atoms with Crippen molar-refractivity contribution in [2.45, 2.75) is 6.92 Å². The Morgan fingerprint density at radius 2 is 1.91 bits per heavy atom. The average Bonchev–Trinajstić information content (AvgIpc) is 3.55. The standard InChI is InChI=1S/C23H18N8O/c1-13-11-31(12-27-13)23-17-7-20(28-18(17)3-4-25-23)22-16-6-19(26-10-21(16)29-30-22)14-5-15(32-2)9-24-8-14/h3-12,28H,1-2H3,(H,29,30). The second kappa shape index (κ2) is 7.02. The van der Waals surface area contributed by atoms with E-state index in [0.29, 0.717) is 5.75 Å². The number of imidazole rings is 1. The van der Waals surface area contributed by atoms with Gasteiger partial charge in [0.25, 0.3) is 0 Å². The summed E-state index contributed by atoms with van der Waals surface area (Å²) in [6.07, 6.45) is 10.7. The first-order valence-electron chi connectivity index (χ1n) is 10.0. The molecule has 0 aliphatic rings. The van der Waals surface area contributed by atoms with E-state index in [-0.39, 0.29) is 0 Å². The van der Waals surface area contributed by atoms with Gasteiger partial charge in [-0.2, -0.15) is 5.10 Å². The fourth-order valence-corrected chi connectivity index (χ4v) is 3.86. The molecule has 0 aliphatic heterocycles. The highest BCUT2D eigenvalue weighted by Crippen LogP contribution is 2.32. The van der Waals surface area contributed by atoms with Gasteiger partial charge in [-0.1, -0.05) is 0 Å². The largest absolute Gasteiger partial charge is 0.495 e. The smallest absolute Gasteiger partial charge is 0.147 e. The third kappa shape index (κ3) is 2.90. The molecule has 6 rings (SSSR count). The van der Waals surface area contributed by atoms with E-state index >= 15 is 0 Å². The quantitative estimate of drug-likeness (QED) is 0.443. The van der Waals surface area contributed by atoms with Crippen LogP contribution in [0.3, 0.4) is 0 Å². The molecule has 0 saturated heterocycles. The second-order valence-electron chi connectivity index (χ2n) is 7.50. The molecular weight excluding hydrogens is 404 g/mol. The van der Waals surface area contributed by atoms with Crippen LogP contribution in [0.25, 0.3) is 50.3 Å². The Bertz CT molecular complexity index is 1590. The molecular formula is C23H18N8O. The van der Waals surface area contributed by atoms with Crippen LogP contribution in [0.15, 0.2) is 61.6 Å². The van der Waals surface area contributed by atoms with E-state index in [1.165, 1.54) is 0 Å². The summed E-state index contributed by atoms with van der Waals surface area (Å²) in [5.41, 5.74) is 6.11. The minimum atomic E-state index is 0.683. The summed E-state index contributed by atoms with van der Waals surface area (Å²) in [6.45, 7) is 1.96. The van der Waals surface area contributed by atoms with Gasteiger partial charge in [-0.15, -0.1) is 0 Å². The lowest BCUT2D eigenvalue weighted by Gasteiger charge is -2.04. The lowest BCUT2D eigenvalue weighted by atomic mass is 10.1. The first-order chi connectivity index (χ1) is 15.7. The molecule has 0 spiro atoms. The lowest BCUT2D eigenvalue weighted by molar-refractivity contribution is 0.413. The predicted molar refractivity (Wildman–Crippen MR) is 121 cm³/mol. The van der Waals surface area contributed by atoms with Crippen molar-refractivity contribution in [1.29, 1.82) is 0 Å². The molecule has 9 heteroatoms. The van der Waals surface area contributed by atoms with E-state index in [9.17, 15) is 0 Å². The second-order valence-corrected chi connectivity index (χ2v) is 7.50. The molecule has 0 atom stereocenters. The van der Waals surface area contributed by atoms with Gasteiger partial charge in [-0.25, -0.2) is 9.97 Å². The number of aromatic nitrogens is 8. The number of H-pyrrole nitrogens is 2. The van der Waals surface area contributed by atoms with Gasteiger partial charge in [0.05, 0.1) is 47.6 Å². The Balaban J connectivity index is 1.49. The van der Waals surface area contributed by atoms with Crippen LogP contribution in [-0.4, -0.2) is 46.8 Å². The highest BCUT2D eigenvalue weighted by Gasteiger charge is 2.15. The van der Waals surface area contributed by atoms with Crippen LogP contribution >= 0.6 is 0 Å². The van der Waals surface area contributed by atoms with Gasteiger partial charge in [-0.3, -0.25) is 19.6 Å². The molecule has 0 aromatic carbocycles. The number of hydrogen-bond donors (Lipinski definition) is 2. The Labute approximate surface area is 182 Å². The minimum Gasteiger partial charge on any atom is -0.495 e. The maximum atomic E-state index is 5.30. The summed E-state index contributed by atoms with van der Waals surface area (Å²) in [5, 5.41) is 9.58. The van der Waals surface area contributed by atoms with Crippen LogP contribution in [-0.2, 0) is 0 Å². The Hall–Kier alpha value is -4.53. The number of pyridine rings is 3. The molecule has 6 aromatic rings. The van der Waals surface area contributed by atoms with Gasteiger partial charge in [0, 0.05) is 34.9 Å². The van der Waals surface area contributed by atoms with Crippen molar-refractivity contribution in [3.8, 4) is 34.2 Å². The number of aryl methyl sites for hydroxylation is 1. The summed E-state index contributed by atoms with van der Waals surface area (Å²) in [4.78, 5) is 21.2. The van der Waals surface area contributed by atoms with Crippen molar-refractivity contribution in [3.63, 3.8) is 0 Å². The van der Waals surface area contributed by atoms with Crippen LogP contribution in [0, 0.1) is 6.92 Å². The van der Waals surface area contributed by atoms with E-state index in [1.807, 2.05) is 35.9 Å².